The smallest absolute Gasteiger partial charge is 0.0547 e. The highest BCUT2D eigenvalue weighted by atomic mass is 127. The van der Waals surface area contributed by atoms with Crippen LogP contribution in [0.2, 0.25) is 0 Å². The number of benzene rings is 21. The van der Waals surface area contributed by atoms with E-state index in [2.05, 4.69) is 516 Å². The molecule has 0 radical (unpaired) electrons. The van der Waals surface area contributed by atoms with E-state index in [4.69, 9.17) is 0 Å². The number of nitrogens with zero attached hydrogens (tertiary/aromatic N) is 3. The molecule has 0 atom stereocenters. The molecule has 0 aliphatic heterocycles. The minimum absolute atomic E-state index is 0.996. The van der Waals surface area contributed by atoms with Crippen molar-refractivity contribution in [3.05, 3.63) is 485 Å². The Kier molecular flexibility index (Phi) is 20.3. The summed E-state index contributed by atoms with van der Waals surface area (Å²) >= 11 is 9.20. The predicted octanol–water partition coefficient (Wildman–Crippen LogP) is 35.2. The summed E-state index contributed by atoms with van der Waals surface area (Å²) in [6.07, 6.45) is 0.996. The molecule has 27 rings (SSSR count). The van der Waals surface area contributed by atoms with Gasteiger partial charge in [-0.25, -0.2) is 0 Å². The van der Waals surface area contributed by atoms with Crippen molar-refractivity contribution in [3.8, 4) is 100 Å². The van der Waals surface area contributed by atoms with Crippen LogP contribution < -0.4 is 4.90 Å². The van der Waals surface area contributed by atoms with E-state index in [1.807, 2.05) is 18.2 Å². The van der Waals surface area contributed by atoms with Crippen LogP contribution in [0.5, 0.6) is 0 Å². The predicted molar refractivity (Wildman–Crippen MR) is 559 cm³/mol. The number of anilines is 3. The maximum Gasteiger partial charge on any atom is 0.0547 e. The van der Waals surface area contributed by atoms with Crippen LogP contribution in [-0.4, -0.2) is 14.1 Å². The second-order valence-electron chi connectivity index (χ2n) is 32.9. The zero-order valence-electron chi connectivity index (χ0n) is 69.6. The minimum Gasteiger partial charge on any atom is -0.354 e. The molecule has 3 heterocycles. The quantitative estimate of drug-likeness (QED) is 0.143. The van der Waals surface area contributed by atoms with E-state index in [-0.39, 0.29) is 0 Å². The summed E-state index contributed by atoms with van der Waals surface area (Å²) in [5, 5.41) is 16.0. The van der Waals surface area contributed by atoms with Crippen LogP contribution >= 0.6 is 54.5 Å². The summed E-state index contributed by atoms with van der Waals surface area (Å²) in [5.74, 6) is 0. The molecule has 1 N–H and O–H groups in total. The topological polar surface area (TPSA) is 28.9 Å². The maximum absolute atomic E-state index is 3.60. The fourth-order valence-corrected chi connectivity index (χ4v) is 20.8. The number of H-pyrrole nitrogens is 1. The number of halogens is 3. The van der Waals surface area contributed by atoms with E-state index < -0.39 is 0 Å². The van der Waals surface area contributed by atoms with Gasteiger partial charge in [-0.3, -0.25) is 0 Å². The average molecular weight is 1880 g/mol. The Balaban J connectivity index is 0.000000100. The lowest BCUT2D eigenvalue weighted by Crippen LogP contribution is -2.10. The number of hydrogen-bond acceptors (Lipinski definition) is 1. The van der Waals surface area contributed by atoms with Gasteiger partial charge in [-0.05, 0) is 295 Å². The number of nitrogens with one attached hydrogen (secondary N) is 1. The average Bonchev–Trinajstić information content (AvgIpc) is 1.55. The fourth-order valence-electron chi connectivity index (χ4n) is 19.9. The third-order valence-corrected chi connectivity index (χ3v) is 27.3. The first-order chi connectivity index (χ1) is 63.3. The van der Waals surface area contributed by atoms with Crippen LogP contribution in [0.3, 0.4) is 0 Å². The highest BCUT2D eigenvalue weighted by Crippen LogP contribution is 2.54. The Morgan fingerprint density at radius 2 is 0.516 bits per heavy atom. The normalized spacial score (nSPS) is 11.6. The van der Waals surface area contributed by atoms with E-state index >= 15 is 0 Å². The van der Waals surface area contributed by atoms with Crippen LogP contribution in [0.4, 0.5) is 17.1 Å². The lowest BCUT2D eigenvalue weighted by atomic mass is 9.93. The molecule has 3 aliphatic carbocycles. The third-order valence-electron chi connectivity index (χ3n) is 25.6. The van der Waals surface area contributed by atoms with Gasteiger partial charge in [0.2, 0.25) is 0 Å². The van der Waals surface area contributed by atoms with Gasteiger partial charge < -0.3 is 19.0 Å². The van der Waals surface area contributed by atoms with Gasteiger partial charge in [-0.2, -0.15) is 0 Å². The number of fused-ring (bicyclic) bond motifs is 9. The molecule has 0 amide bonds. The van der Waals surface area contributed by atoms with Gasteiger partial charge in [0.15, 0.2) is 0 Å². The molecule has 604 valence electrons. The fraction of sp³-hybridized carbons (Fsp3) is 0.00826. The van der Waals surface area contributed by atoms with Crippen molar-refractivity contribution < 1.29 is 0 Å². The SMILES string of the molecule is Brc1ccc(-n2c3cccc4c3c3c5c(cccc5ccc32)-c2ccccc2-4)cc1.Brc1ccc(I)cc1.c1ccc(-c2ccc(N(c3ccccc3)c3ccc(-n4c5cccc6c5c5c7c(cccc7ccc54)-c4ccccc4-6)cc3)cc2)cc1.c1ccc(Cc2ccc(-c3ccccc3)cc2)cc1.c1ccc2c(c1)-c1cccc3ccc4[nH]c5cccc-2c5c4c13. The van der Waals surface area contributed by atoms with E-state index in [0.717, 1.165) is 38.1 Å². The van der Waals surface area contributed by atoms with E-state index in [1.165, 1.54) is 207 Å². The van der Waals surface area contributed by atoms with Gasteiger partial charge in [0, 0.05) is 84.3 Å². The Morgan fingerprint density at radius 1 is 0.211 bits per heavy atom. The molecule has 0 saturated heterocycles. The molecule has 128 heavy (non-hydrogen) atoms. The number of aromatic amines is 1. The lowest BCUT2D eigenvalue weighted by molar-refractivity contribution is 1.17. The number of aromatic nitrogens is 3. The van der Waals surface area contributed by atoms with E-state index in [9.17, 15) is 0 Å². The molecule has 0 spiro atoms. The Morgan fingerprint density at radius 3 is 0.961 bits per heavy atom. The van der Waals surface area contributed by atoms with Gasteiger partial charge in [0.05, 0.1) is 22.1 Å². The van der Waals surface area contributed by atoms with Crippen molar-refractivity contribution in [1.29, 1.82) is 0 Å². The molecular weight excluding hydrogens is 1800 g/mol. The molecule has 24 aromatic rings. The Bertz CT molecular complexity index is 8330. The molecule has 3 aliphatic rings. The second kappa shape index (κ2) is 33.3. The van der Waals surface area contributed by atoms with Crippen molar-refractivity contribution in [3.63, 3.8) is 0 Å². The number of para-hydroxylation sites is 1. The van der Waals surface area contributed by atoms with E-state index in [0.29, 0.717) is 0 Å². The molecule has 21 aromatic carbocycles. The van der Waals surface area contributed by atoms with Gasteiger partial charge in [0.1, 0.15) is 0 Å². The zero-order valence-corrected chi connectivity index (χ0v) is 74.9. The summed E-state index contributed by atoms with van der Waals surface area (Å²) in [5.41, 5.74) is 36.5. The minimum atomic E-state index is 0.996. The molecule has 4 nitrogen and oxygen atoms in total. The Hall–Kier alpha value is -14.7. The monoisotopic (exact) mass is 1870 g/mol. The molecule has 0 unspecified atom stereocenters. The molecule has 0 fully saturated rings. The number of rotatable bonds is 9. The first kappa shape index (κ1) is 78.0. The first-order valence-corrected chi connectivity index (χ1v) is 46.1. The van der Waals surface area contributed by atoms with Crippen LogP contribution in [0.15, 0.2) is 470 Å². The van der Waals surface area contributed by atoms with Crippen molar-refractivity contribution in [2.24, 2.45) is 0 Å². The summed E-state index contributed by atoms with van der Waals surface area (Å²) in [4.78, 5) is 5.93. The third kappa shape index (κ3) is 14.0. The summed E-state index contributed by atoms with van der Waals surface area (Å²) in [7, 11) is 0. The standard InChI is InChI=1S/C46H30N2.C28H16BrN.C22H13N.C19H16.C6H4BrI/c1-3-11-31(12-4-1)32-21-24-35(25-22-32)47(34-14-5-2-6-15-34)36-26-28-37(29-27-36)48-42-20-10-19-41-39-17-8-7-16-38(39)40-18-9-13-33-23-30-43(48)46(44(33)40)45(41)42;29-18-12-14-19(15-13-18)30-24-10-4-9-23-21-7-2-1-6-20(21)22-8-3-5-17-11-16-25(30)28(26(17)22)27(23)24;1-2-7-15-14(6-1)16-8-3-5-13-11-12-19-22(20(13)16)21-17(15)9-4-10-18(21)23-19;1-3-7-16(8-4-1)15-17-11-13-19(14-12-17)18-9-5-2-6-10-18;7-5-1-3-6(8)4-2-5/h1-30H;1-16H;1-12,23H;1-14H,15H2;1-4H. The highest BCUT2D eigenvalue weighted by Gasteiger charge is 2.29. The maximum atomic E-state index is 3.60. The Labute approximate surface area is 773 Å². The molecule has 3 aromatic heterocycles. The van der Waals surface area contributed by atoms with Crippen LogP contribution in [0.25, 0.3) is 198 Å². The van der Waals surface area contributed by atoms with Crippen LogP contribution in [0.1, 0.15) is 11.1 Å². The molecule has 0 bridgehead atoms. The van der Waals surface area contributed by atoms with Crippen molar-refractivity contribution in [1.82, 2.24) is 14.1 Å². The second-order valence-corrected chi connectivity index (χ2v) is 36.0. The largest absolute Gasteiger partial charge is 0.354 e. The summed E-state index contributed by atoms with van der Waals surface area (Å²) in [6.45, 7) is 0. The van der Waals surface area contributed by atoms with Crippen molar-refractivity contribution in [2.75, 3.05) is 4.90 Å². The van der Waals surface area contributed by atoms with Crippen LogP contribution in [0, 0.1) is 3.57 Å². The van der Waals surface area contributed by atoms with Gasteiger partial charge in [0.25, 0.3) is 0 Å². The summed E-state index contributed by atoms with van der Waals surface area (Å²) < 4.78 is 8.35. The van der Waals surface area contributed by atoms with E-state index in [1.54, 1.807) is 0 Å². The van der Waals surface area contributed by atoms with Crippen LogP contribution in [-0.2, 0) is 6.42 Å². The summed E-state index contributed by atoms with van der Waals surface area (Å²) in [6, 6.07) is 166. The van der Waals surface area contributed by atoms with Crippen molar-refractivity contribution >= 4 is 169 Å². The zero-order chi connectivity index (χ0) is 85.3. The van der Waals surface area contributed by atoms with Gasteiger partial charge in [-0.1, -0.05) is 359 Å². The molecule has 0 saturated carbocycles. The lowest BCUT2D eigenvalue weighted by Gasteiger charge is -2.26. The molecular formula is C121H79Br2IN4. The van der Waals surface area contributed by atoms with Crippen molar-refractivity contribution in [2.45, 2.75) is 6.42 Å². The first-order valence-electron chi connectivity index (χ1n) is 43.5. The van der Waals surface area contributed by atoms with Gasteiger partial charge in [-0.15, -0.1) is 0 Å². The number of hydrogen-bond donors (Lipinski definition) is 1. The molecule has 7 heteroatoms. The van der Waals surface area contributed by atoms with Gasteiger partial charge >= 0.3 is 0 Å². The highest BCUT2D eigenvalue weighted by molar-refractivity contribution is 14.1.